The van der Waals surface area contributed by atoms with Gasteiger partial charge in [0, 0.05) is 203 Å². The van der Waals surface area contributed by atoms with Crippen molar-refractivity contribution in [3.05, 3.63) is 254 Å². The summed E-state index contributed by atoms with van der Waals surface area (Å²) in [4.78, 5) is 79.5. The van der Waals surface area contributed by atoms with Crippen molar-refractivity contribution in [3.8, 4) is 5.88 Å². The van der Waals surface area contributed by atoms with Crippen LogP contribution in [0, 0.1) is 27.7 Å². The van der Waals surface area contributed by atoms with Crippen molar-refractivity contribution in [2.24, 2.45) is 26.4 Å². The van der Waals surface area contributed by atoms with E-state index in [0.29, 0.717) is 182 Å². The molecular weight excluding hydrogens is 2570 g/mol. The van der Waals surface area contributed by atoms with Crippen LogP contribution in [0.5, 0.6) is 5.88 Å². The number of nitrogens with two attached hydrogens (primary N) is 2. The fourth-order valence-corrected chi connectivity index (χ4v) is 11.1. The summed E-state index contributed by atoms with van der Waals surface area (Å²) in [5, 5.41) is 75.1. The normalized spacial score (nSPS) is 9.59. The Morgan fingerprint density at radius 2 is 0.679 bits per heavy atom. The van der Waals surface area contributed by atoms with E-state index in [4.69, 9.17) is 123 Å². The predicted octanol–water partition coefficient (Wildman–Crippen LogP) is 13.2. The molecule has 34 nitrogen and oxygen atoms in total. The minimum absolute atomic E-state index is 0.118. The van der Waals surface area contributed by atoms with Crippen LogP contribution in [0.25, 0.3) is 21.8 Å². The number of aliphatic hydroxyl groups is 9. The van der Waals surface area contributed by atoms with Crippen LogP contribution in [0.2, 0.25) is 10.0 Å². The summed E-state index contributed by atoms with van der Waals surface area (Å²) < 4.78 is 50.6. The van der Waals surface area contributed by atoms with Crippen molar-refractivity contribution in [3.63, 3.8) is 0 Å². The molecule has 6 aromatic heterocycles. The predicted molar refractivity (Wildman–Crippen MR) is 561 cm³/mol. The van der Waals surface area contributed by atoms with Crippen LogP contribution in [0.3, 0.4) is 0 Å². The molecule has 790 valence electrons. The molecule has 140 heavy (non-hydrogen) atoms. The Bertz CT molecular complexity index is 4460. The molecule has 4 aromatic carbocycles. The average Bonchev–Trinajstić information content (AvgIpc) is 1.61. The fourth-order valence-electron chi connectivity index (χ4n) is 10.8. The number of carbonyl (C=O) groups excluding carboxylic acids is 3. The van der Waals surface area contributed by atoms with Gasteiger partial charge >= 0.3 is 97.8 Å². The van der Waals surface area contributed by atoms with Crippen molar-refractivity contribution in [2.75, 3.05) is 210 Å². The zero-order valence-electron chi connectivity index (χ0n) is 83.1. The van der Waals surface area contributed by atoms with Crippen molar-refractivity contribution in [2.45, 2.75) is 80.1 Å². The first-order valence-corrected chi connectivity index (χ1v) is 61.8. The Hall–Kier alpha value is -6.90. The number of nitrogens with zero attached hydrogens (tertiary/aromatic N) is 9. The number of carboxylic acid groups (broad SMARTS) is 1. The van der Waals surface area contributed by atoms with E-state index in [0.717, 1.165) is 146 Å². The van der Waals surface area contributed by atoms with Gasteiger partial charge in [-0.2, -0.15) is 0 Å². The van der Waals surface area contributed by atoms with Crippen LogP contribution in [-0.4, -0.2) is 332 Å². The summed E-state index contributed by atoms with van der Waals surface area (Å²) in [5.74, 6) is -0.481. The van der Waals surface area contributed by atoms with Gasteiger partial charge < -0.3 is 105 Å². The zero-order valence-corrected chi connectivity index (χ0v) is 97.5. The van der Waals surface area contributed by atoms with E-state index in [1.165, 1.54) is 51.6 Å². The Kier molecular flexibility index (Phi) is 121. The number of Topliss-reactive ketones (excluding diaryl/α,β-unsaturated/α-hetero) is 1. The number of hydrogen-bond donors (Lipinski definition) is 12. The summed E-state index contributed by atoms with van der Waals surface area (Å²) in [5.41, 5.74) is 20.7. The quantitative estimate of drug-likeness (QED) is 0.0125. The molecule has 0 atom stereocenters. The summed E-state index contributed by atoms with van der Waals surface area (Å²) in [7, 11) is 10.6. The molecule has 0 fully saturated rings. The number of hydrogen-bond acceptors (Lipinski definition) is 31. The van der Waals surface area contributed by atoms with E-state index < -0.39 is 5.97 Å². The van der Waals surface area contributed by atoms with Gasteiger partial charge in [0.05, 0.1) is 147 Å². The second-order valence-electron chi connectivity index (χ2n) is 25.6. The Morgan fingerprint density at radius 3 is 0.950 bits per heavy atom. The van der Waals surface area contributed by atoms with Gasteiger partial charge in [0.25, 0.3) is 11.8 Å². The molecule has 0 spiro atoms. The SMILES string of the molecule is CCCOCCOCCN.CCCOCCOCCN=Cc1ccccn1.CO.CO.CO.CO.CO.CO.CO.CO.CO.COc1ccccn1.Cc1ccc2c(c1)c(CC(=O)CCCOCCOCCN=Cc1ccccn1)c(C)n2C(=O)c1ccc(Cl)cc1.Cc1ccc2c(c1)c(CC(=O)O)c(C)n2C(=O)c1ccc(Cl)cc1.NCCOCCOCCN=Cc1ccccn1.[Br][Re].[Br][Re].[Br][Re]. The van der Waals surface area contributed by atoms with Gasteiger partial charge in [-0.15, -0.1) is 0 Å². The Morgan fingerprint density at radius 1 is 0.386 bits per heavy atom. The maximum atomic E-state index is 13.4. The number of aromatic nitrogens is 6. The van der Waals surface area contributed by atoms with Crippen LogP contribution in [-0.2, 0) is 112 Å². The van der Waals surface area contributed by atoms with Gasteiger partial charge in [-0.3, -0.25) is 58.2 Å². The number of aliphatic hydroxyl groups excluding tert-OH is 9. The third kappa shape index (κ3) is 74.9. The summed E-state index contributed by atoms with van der Waals surface area (Å²) in [6, 6.07) is 47.9. The monoisotopic (exact) mass is 2720 g/mol. The molecule has 0 aliphatic heterocycles. The number of fused-ring (bicyclic) bond motifs is 2. The molecule has 6 heterocycles. The second-order valence-corrected chi connectivity index (χ2v) is 26.4. The van der Waals surface area contributed by atoms with Crippen LogP contribution in [0.4, 0.5) is 0 Å². The topological polar surface area (TPSA) is 504 Å². The number of ether oxygens (including phenoxy) is 9. The number of pyridine rings is 4. The summed E-state index contributed by atoms with van der Waals surface area (Å²) in [6.45, 7) is 24.6. The van der Waals surface area contributed by atoms with E-state index in [-0.39, 0.29) is 30.4 Å². The first kappa shape index (κ1) is 148. The molecule has 0 saturated carbocycles. The van der Waals surface area contributed by atoms with E-state index in [2.05, 4.69) is 89.0 Å². The number of aliphatic imine (C=N–C) groups is 3. The van der Waals surface area contributed by atoms with Gasteiger partial charge in [-0.1, -0.05) is 84.6 Å². The number of halogens is 5. The fraction of sp³-hybridized carbons (Fsp3) is 0.439. The van der Waals surface area contributed by atoms with Crippen LogP contribution in [0.15, 0.2) is 197 Å². The standard InChI is InChI=1S/C32H34ClN3O4.C19H16ClNO3.C13H20N2O2.C12H19N3O2.C7H17NO2.C6H7NO.9CH4O.3BrH.3Re/c1-23-8-13-31-30(20-23)29(24(2)36(31)32(38)25-9-11-26(33)12-10-25)21-28(37)7-5-16-39-18-19-40-17-15-34-22-27-6-3-4-14-35-27;1-11-3-8-17-16(9-11)15(10-18(22)23)12(2)21(17)19(24)13-4-6-14(20)7-5-13;1-2-8-16-10-11-17-9-7-14-12-13-5-3-4-6-15-13;13-4-7-16-9-10-17-8-6-14-11-12-3-1-2-5-15-12;1-2-4-9-6-7-10-5-3-8;1-8-6-4-2-3-5-7-6;9*1-2;;;;;;/h3-4,6,8-14,20,22H,5,7,15-19,21H2,1-2H3;3-9H,10H2,1-2H3,(H,22,23);3-6,12H,2,7-11H2,1H3;1-3,5,11H,4,6-10,13H2;2-8H2,1H3;2-5H,1H3;9*2H,1H3;3*1H;;;/q;;;;;;;;;;;;;;;;;;3*+1/p-3. The molecule has 14 N–H and O–H groups in total. The molecule has 10 aromatic rings. The molecule has 0 amide bonds. The Balaban J connectivity index is -0.000000252. The van der Waals surface area contributed by atoms with Crippen molar-refractivity contribution >= 4 is 128 Å². The molecule has 42 heteroatoms. The molecule has 0 aliphatic rings. The van der Waals surface area contributed by atoms with Gasteiger partial charge in [-0.25, -0.2) is 4.98 Å². The van der Waals surface area contributed by atoms with E-state index in [1.54, 1.807) is 121 Å². The minimum atomic E-state index is -0.919. The number of methoxy groups -OCH3 is 1. The van der Waals surface area contributed by atoms with Crippen LogP contribution >= 0.6 is 63.5 Å². The third-order valence-electron chi connectivity index (χ3n) is 16.4. The number of ketones is 1. The first-order valence-electron chi connectivity index (χ1n) is 43.2. The van der Waals surface area contributed by atoms with E-state index >= 15 is 0 Å². The van der Waals surface area contributed by atoms with Crippen molar-refractivity contribution in [1.82, 2.24) is 29.1 Å². The number of aliphatic carboxylic acids is 1. The molecular formula is C98H149Br3Cl2N11O23Re3. The third-order valence-corrected chi connectivity index (χ3v) is 16.9. The van der Waals surface area contributed by atoms with Gasteiger partial charge in [0.2, 0.25) is 5.88 Å². The number of carboxylic acids is 1. The zero-order chi connectivity index (χ0) is 108. The van der Waals surface area contributed by atoms with E-state index in [9.17, 15) is 24.3 Å². The first-order chi connectivity index (χ1) is 68.5. The molecule has 0 unspecified atom stereocenters. The van der Waals surface area contributed by atoms with E-state index in [1.807, 2.05) is 124 Å². The second kappa shape index (κ2) is 114. The van der Waals surface area contributed by atoms with Gasteiger partial charge in [-0.05, 0) is 173 Å². The molecule has 0 bridgehead atoms. The average molecular weight is 2720 g/mol. The van der Waals surface area contributed by atoms with Crippen molar-refractivity contribution in [1.29, 1.82) is 0 Å². The van der Waals surface area contributed by atoms with Crippen LogP contribution < -0.4 is 16.2 Å². The maximum absolute atomic E-state index is 13.4. The Labute approximate surface area is 889 Å². The van der Waals surface area contributed by atoms with Gasteiger partial charge in [0.15, 0.2) is 0 Å². The van der Waals surface area contributed by atoms with Crippen LogP contribution in [0.1, 0.15) is 111 Å². The molecule has 0 aliphatic carbocycles. The number of benzene rings is 4. The summed E-state index contributed by atoms with van der Waals surface area (Å²) in [6.07, 6.45) is 15.5. The molecule has 0 saturated heterocycles. The van der Waals surface area contributed by atoms with Crippen molar-refractivity contribution < 1.29 is 164 Å². The van der Waals surface area contributed by atoms with Gasteiger partial charge in [0.1, 0.15) is 5.78 Å². The molecule has 10 rings (SSSR count). The molecule has 0 radical (unpaired) electrons. The summed E-state index contributed by atoms with van der Waals surface area (Å²) >= 11 is 25.5. The number of rotatable bonds is 43. The number of aryl methyl sites for hydroxylation is 2. The number of carbonyl (C=O) groups is 4.